The summed E-state index contributed by atoms with van der Waals surface area (Å²) in [5.41, 5.74) is 0. The Bertz CT molecular complexity index is 1680. The van der Waals surface area contributed by atoms with Crippen LogP contribution in [0, 0.1) is 0 Å². The van der Waals surface area contributed by atoms with Gasteiger partial charge in [0.1, 0.15) is 13.2 Å². The van der Waals surface area contributed by atoms with Gasteiger partial charge in [0.15, 0.2) is 6.10 Å². The second-order valence-electron chi connectivity index (χ2n) is 19.8. The summed E-state index contributed by atoms with van der Waals surface area (Å²) >= 11 is 0. The Balaban J connectivity index is 4.48. The molecule has 428 valence electrons. The van der Waals surface area contributed by atoms with Crippen LogP contribution in [0.3, 0.4) is 0 Å². The van der Waals surface area contributed by atoms with E-state index in [0.717, 1.165) is 173 Å². The summed E-state index contributed by atoms with van der Waals surface area (Å²) in [6.07, 6.45) is 89.8. The maximum absolute atomic E-state index is 12.9. The van der Waals surface area contributed by atoms with Crippen molar-refractivity contribution in [1.29, 1.82) is 0 Å². The molecular weight excluding hydrogens is 937 g/mol. The van der Waals surface area contributed by atoms with E-state index >= 15 is 0 Å². The first-order valence-corrected chi connectivity index (χ1v) is 30.8. The standard InChI is InChI=1S/C70H112O6/c1-4-7-10-13-16-19-22-25-28-31-32-33-34-35-36-37-38-40-42-45-48-51-54-57-60-63-69(72)75-66-67(65-74-68(71)62-59-56-53-50-47-44-41-30-27-24-21-18-15-12-9-6-3)76-70(73)64-61-58-55-52-49-46-43-39-29-26-23-20-17-14-11-8-5-2/h7-8,10-11,16-17,19-21,24-26,28-30,32-33,35-36,38,40-41,43,46,67H,4-6,9,12-15,18,22-23,27,31,34,37,39,42,44-45,47-66H2,1-3H3/b10-7-,11-8-,19-16-,20-17-,24-21-,28-25-,29-26-,33-32-,36-35-,40-38-,41-30-,46-43-. The first-order valence-electron chi connectivity index (χ1n) is 30.8. The third kappa shape index (κ3) is 60.2. The lowest BCUT2D eigenvalue weighted by Gasteiger charge is -2.18. The van der Waals surface area contributed by atoms with Gasteiger partial charge in [-0.3, -0.25) is 14.4 Å². The van der Waals surface area contributed by atoms with E-state index in [9.17, 15) is 14.4 Å². The van der Waals surface area contributed by atoms with Crippen molar-refractivity contribution in [1.82, 2.24) is 0 Å². The highest BCUT2D eigenvalue weighted by Gasteiger charge is 2.19. The number of allylic oxidation sites excluding steroid dienone is 24. The van der Waals surface area contributed by atoms with Crippen LogP contribution in [0.5, 0.6) is 0 Å². The Hall–Kier alpha value is -4.71. The molecule has 0 aromatic carbocycles. The van der Waals surface area contributed by atoms with Crippen molar-refractivity contribution in [2.24, 2.45) is 0 Å². The molecule has 1 unspecified atom stereocenters. The van der Waals surface area contributed by atoms with Crippen LogP contribution in [-0.4, -0.2) is 37.2 Å². The highest BCUT2D eigenvalue weighted by atomic mass is 16.6. The van der Waals surface area contributed by atoms with Crippen LogP contribution < -0.4 is 0 Å². The van der Waals surface area contributed by atoms with Crippen molar-refractivity contribution in [3.8, 4) is 0 Å². The fraction of sp³-hybridized carbons (Fsp3) is 0.614. The molecule has 0 aliphatic heterocycles. The Morgan fingerprint density at radius 1 is 0.276 bits per heavy atom. The Labute approximate surface area is 467 Å². The topological polar surface area (TPSA) is 78.9 Å². The van der Waals surface area contributed by atoms with Crippen LogP contribution in [0.1, 0.15) is 258 Å². The van der Waals surface area contributed by atoms with Crippen molar-refractivity contribution in [3.63, 3.8) is 0 Å². The summed E-state index contributed by atoms with van der Waals surface area (Å²) in [6.45, 7) is 6.35. The summed E-state index contributed by atoms with van der Waals surface area (Å²) in [5.74, 6) is -0.959. The predicted molar refractivity (Wildman–Crippen MR) is 329 cm³/mol. The minimum Gasteiger partial charge on any atom is -0.462 e. The highest BCUT2D eigenvalue weighted by Crippen LogP contribution is 2.14. The van der Waals surface area contributed by atoms with Crippen molar-refractivity contribution in [3.05, 3.63) is 146 Å². The second-order valence-corrected chi connectivity index (χ2v) is 19.8. The highest BCUT2D eigenvalue weighted by molar-refractivity contribution is 5.71. The zero-order valence-electron chi connectivity index (χ0n) is 49.0. The summed E-state index contributed by atoms with van der Waals surface area (Å²) in [5, 5.41) is 0. The van der Waals surface area contributed by atoms with Crippen LogP contribution in [0.25, 0.3) is 0 Å². The predicted octanol–water partition coefficient (Wildman–Crippen LogP) is 21.2. The van der Waals surface area contributed by atoms with Crippen molar-refractivity contribution in [2.75, 3.05) is 13.2 Å². The number of rotatable bonds is 54. The SMILES string of the molecule is CC/C=C\C/C=C\C/C=C\C/C=C\C/C=C\C/C=C\CCCCCCCCC(=O)OCC(COC(=O)CCCCCCC/C=C\C/C=C\CCCCCC)OC(=O)CCCCCC/C=C\C/C=C\C/C=C\C/C=C\CC. The Kier molecular flexibility index (Phi) is 58.9. The van der Waals surface area contributed by atoms with Gasteiger partial charge in [0.05, 0.1) is 0 Å². The van der Waals surface area contributed by atoms with E-state index in [0.29, 0.717) is 12.8 Å². The molecule has 0 radical (unpaired) electrons. The molecule has 0 spiro atoms. The normalized spacial score (nSPS) is 13.1. The molecule has 0 N–H and O–H groups in total. The average molecular weight is 1050 g/mol. The molecule has 6 heteroatoms. The minimum atomic E-state index is -0.811. The number of carbonyl (C=O) groups is 3. The Morgan fingerprint density at radius 2 is 0.513 bits per heavy atom. The van der Waals surface area contributed by atoms with Gasteiger partial charge in [0, 0.05) is 19.3 Å². The average Bonchev–Trinajstić information content (AvgIpc) is 3.42. The van der Waals surface area contributed by atoms with Crippen molar-refractivity contribution < 1.29 is 28.6 Å². The summed E-state index contributed by atoms with van der Waals surface area (Å²) in [6, 6.07) is 0. The van der Waals surface area contributed by atoms with E-state index in [2.05, 4.69) is 167 Å². The molecule has 0 heterocycles. The largest absolute Gasteiger partial charge is 0.462 e. The van der Waals surface area contributed by atoms with E-state index in [-0.39, 0.29) is 37.5 Å². The molecular formula is C70H112O6. The monoisotopic (exact) mass is 1050 g/mol. The molecule has 0 amide bonds. The lowest BCUT2D eigenvalue weighted by atomic mass is 10.1. The van der Waals surface area contributed by atoms with Crippen LogP contribution in [-0.2, 0) is 28.6 Å². The van der Waals surface area contributed by atoms with Gasteiger partial charge in [-0.05, 0) is 141 Å². The lowest BCUT2D eigenvalue weighted by molar-refractivity contribution is -0.167. The molecule has 0 saturated carbocycles. The number of carbonyl (C=O) groups excluding carboxylic acids is 3. The van der Waals surface area contributed by atoms with E-state index in [1.54, 1.807) is 0 Å². The first-order chi connectivity index (χ1) is 37.5. The maximum Gasteiger partial charge on any atom is 0.306 e. The number of unbranched alkanes of at least 4 members (excludes halogenated alkanes) is 19. The molecule has 0 rings (SSSR count). The molecule has 0 fully saturated rings. The molecule has 0 aromatic rings. The smallest absolute Gasteiger partial charge is 0.306 e. The number of ether oxygens (including phenoxy) is 3. The second kappa shape index (κ2) is 62.8. The zero-order chi connectivity index (χ0) is 55.0. The van der Waals surface area contributed by atoms with E-state index in [1.807, 2.05) is 0 Å². The minimum absolute atomic E-state index is 0.105. The van der Waals surface area contributed by atoms with E-state index in [1.165, 1.54) is 44.9 Å². The molecule has 0 aromatic heterocycles. The van der Waals surface area contributed by atoms with Gasteiger partial charge in [-0.15, -0.1) is 0 Å². The van der Waals surface area contributed by atoms with Crippen LogP contribution in [0.15, 0.2) is 146 Å². The van der Waals surface area contributed by atoms with Gasteiger partial charge < -0.3 is 14.2 Å². The van der Waals surface area contributed by atoms with Gasteiger partial charge in [-0.25, -0.2) is 0 Å². The lowest BCUT2D eigenvalue weighted by Crippen LogP contribution is -2.30. The quantitative estimate of drug-likeness (QED) is 0.0261. The van der Waals surface area contributed by atoms with E-state index < -0.39 is 6.10 Å². The van der Waals surface area contributed by atoms with Crippen molar-refractivity contribution in [2.45, 2.75) is 264 Å². The molecule has 0 bridgehead atoms. The Morgan fingerprint density at radius 3 is 0.803 bits per heavy atom. The molecule has 0 aliphatic rings. The fourth-order valence-corrected chi connectivity index (χ4v) is 8.00. The summed E-state index contributed by atoms with van der Waals surface area (Å²) < 4.78 is 16.9. The van der Waals surface area contributed by atoms with Gasteiger partial charge in [0.2, 0.25) is 0 Å². The first kappa shape index (κ1) is 71.3. The molecule has 0 saturated heterocycles. The third-order valence-corrected chi connectivity index (χ3v) is 12.6. The van der Waals surface area contributed by atoms with Crippen molar-refractivity contribution >= 4 is 17.9 Å². The van der Waals surface area contributed by atoms with Gasteiger partial charge in [-0.2, -0.15) is 0 Å². The summed E-state index contributed by atoms with van der Waals surface area (Å²) in [4.78, 5) is 38.3. The van der Waals surface area contributed by atoms with Crippen LogP contribution in [0.2, 0.25) is 0 Å². The van der Waals surface area contributed by atoms with Gasteiger partial charge in [0.25, 0.3) is 0 Å². The van der Waals surface area contributed by atoms with Gasteiger partial charge in [-0.1, -0.05) is 244 Å². The van der Waals surface area contributed by atoms with E-state index in [4.69, 9.17) is 14.2 Å². The maximum atomic E-state index is 12.9. The fourth-order valence-electron chi connectivity index (χ4n) is 8.00. The molecule has 0 aliphatic carbocycles. The van der Waals surface area contributed by atoms with Crippen LogP contribution >= 0.6 is 0 Å². The molecule has 1 atom stereocenters. The summed E-state index contributed by atoms with van der Waals surface area (Å²) in [7, 11) is 0. The number of hydrogen-bond donors (Lipinski definition) is 0. The molecule has 6 nitrogen and oxygen atoms in total. The van der Waals surface area contributed by atoms with Gasteiger partial charge >= 0.3 is 17.9 Å². The zero-order valence-corrected chi connectivity index (χ0v) is 49.0. The number of hydrogen-bond acceptors (Lipinski definition) is 6. The van der Waals surface area contributed by atoms with Crippen LogP contribution in [0.4, 0.5) is 0 Å². The molecule has 76 heavy (non-hydrogen) atoms. The number of esters is 3. The third-order valence-electron chi connectivity index (χ3n) is 12.6.